The van der Waals surface area contributed by atoms with Crippen molar-refractivity contribution >= 4 is 24.0 Å². The highest BCUT2D eigenvalue weighted by molar-refractivity contribution is 6.31. The maximum absolute atomic E-state index is 6.08. The number of aryl methyl sites for hydroxylation is 1. The quantitative estimate of drug-likeness (QED) is 0.886. The van der Waals surface area contributed by atoms with Gasteiger partial charge in [0.25, 0.3) is 0 Å². The fourth-order valence-electron chi connectivity index (χ4n) is 2.00. The van der Waals surface area contributed by atoms with Gasteiger partial charge in [-0.1, -0.05) is 23.7 Å². The van der Waals surface area contributed by atoms with Gasteiger partial charge in [0.2, 0.25) is 0 Å². The zero-order valence-electron chi connectivity index (χ0n) is 9.45. The maximum atomic E-state index is 6.08. The van der Waals surface area contributed by atoms with Crippen LogP contribution >= 0.6 is 24.0 Å². The molecule has 2 nitrogen and oxygen atoms in total. The van der Waals surface area contributed by atoms with Gasteiger partial charge in [0.05, 0.1) is 0 Å². The summed E-state index contributed by atoms with van der Waals surface area (Å²) in [5.74, 6) is 0. The van der Waals surface area contributed by atoms with Gasteiger partial charge in [-0.25, -0.2) is 0 Å². The van der Waals surface area contributed by atoms with Crippen molar-refractivity contribution in [3.63, 3.8) is 0 Å². The van der Waals surface area contributed by atoms with E-state index >= 15 is 0 Å². The summed E-state index contributed by atoms with van der Waals surface area (Å²) in [6, 6.07) is 6.63. The van der Waals surface area contributed by atoms with Crippen LogP contribution in [0.15, 0.2) is 18.2 Å². The van der Waals surface area contributed by atoms with Crippen molar-refractivity contribution in [1.82, 2.24) is 4.90 Å². The molecule has 0 spiro atoms. The summed E-state index contributed by atoms with van der Waals surface area (Å²) in [7, 11) is 0. The Hall–Kier alpha value is -0.280. The van der Waals surface area contributed by atoms with Crippen molar-refractivity contribution in [2.24, 2.45) is 5.73 Å². The molecule has 2 N–H and O–H groups in total. The van der Waals surface area contributed by atoms with Crippen LogP contribution in [0, 0.1) is 6.92 Å². The SMILES string of the molecule is Cc1ccc(CN2CC[C@H](N)C2)cc1Cl.Cl. The molecule has 0 amide bonds. The van der Waals surface area contributed by atoms with E-state index in [0.29, 0.717) is 6.04 Å². The highest BCUT2D eigenvalue weighted by Gasteiger charge is 2.18. The molecule has 0 saturated carbocycles. The van der Waals surface area contributed by atoms with Crippen LogP contribution in [0.4, 0.5) is 0 Å². The lowest BCUT2D eigenvalue weighted by atomic mass is 10.1. The number of nitrogens with zero attached hydrogens (tertiary/aromatic N) is 1. The molecule has 1 heterocycles. The van der Waals surface area contributed by atoms with Gasteiger partial charge in [-0.05, 0) is 30.5 Å². The lowest BCUT2D eigenvalue weighted by molar-refractivity contribution is 0.327. The Labute approximate surface area is 108 Å². The highest BCUT2D eigenvalue weighted by Crippen LogP contribution is 2.19. The first-order chi connectivity index (χ1) is 7.15. The smallest absolute Gasteiger partial charge is 0.0438 e. The van der Waals surface area contributed by atoms with Gasteiger partial charge in [0, 0.05) is 30.7 Å². The van der Waals surface area contributed by atoms with Crippen molar-refractivity contribution in [2.75, 3.05) is 13.1 Å². The highest BCUT2D eigenvalue weighted by atomic mass is 35.5. The van der Waals surface area contributed by atoms with Crippen molar-refractivity contribution < 1.29 is 0 Å². The van der Waals surface area contributed by atoms with Crippen LogP contribution in [0.2, 0.25) is 5.02 Å². The summed E-state index contributed by atoms with van der Waals surface area (Å²) in [6.45, 7) is 5.10. The topological polar surface area (TPSA) is 29.3 Å². The molecule has 1 aromatic carbocycles. The third-order valence-corrected chi connectivity index (χ3v) is 3.36. The summed E-state index contributed by atoms with van der Waals surface area (Å²) >= 11 is 6.08. The van der Waals surface area contributed by atoms with Crippen LogP contribution in [0.3, 0.4) is 0 Å². The van der Waals surface area contributed by atoms with Crippen LogP contribution < -0.4 is 5.73 Å². The summed E-state index contributed by atoms with van der Waals surface area (Å²) < 4.78 is 0. The fraction of sp³-hybridized carbons (Fsp3) is 0.500. The normalized spacial score (nSPS) is 20.8. The second kappa shape index (κ2) is 5.87. The van der Waals surface area contributed by atoms with Crippen molar-refractivity contribution in [2.45, 2.75) is 25.9 Å². The fourth-order valence-corrected chi connectivity index (χ4v) is 2.20. The number of hydrogen-bond acceptors (Lipinski definition) is 2. The average molecular weight is 261 g/mol. The Kier molecular flexibility index (Phi) is 5.06. The van der Waals surface area contributed by atoms with E-state index in [2.05, 4.69) is 23.1 Å². The molecule has 0 aliphatic carbocycles. The zero-order valence-corrected chi connectivity index (χ0v) is 11.0. The molecule has 1 aliphatic rings. The molecule has 1 saturated heterocycles. The molecule has 0 unspecified atom stereocenters. The Morgan fingerprint density at radius 3 is 2.81 bits per heavy atom. The van der Waals surface area contributed by atoms with E-state index in [1.54, 1.807) is 0 Å². The second-order valence-electron chi connectivity index (χ2n) is 4.37. The molecule has 1 atom stereocenters. The second-order valence-corrected chi connectivity index (χ2v) is 4.77. The molecule has 0 radical (unpaired) electrons. The third kappa shape index (κ3) is 3.36. The maximum Gasteiger partial charge on any atom is 0.0438 e. The molecule has 0 aromatic heterocycles. The number of benzene rings is 1. The van der Waals surface area contributed by atoms with E-state index in [-0.39, 0.29) is 12.4 Å². The molecule has 4 heteroatoms. The standard InChI is InChI=1S/C12H17ClN2.ClH/c1-9-2-3-10(6-12(9)13)7-15-5-4-11(14)8-15;/h2-3,6,11H,4-5,7-8,14H2,1H3;1H/t11-;/m0./s1. The monoisotopic (exact) mass is 260 g/mol. The van der Waals surface area contributed by atoms with Gasteiger partial charge in [0.1, 0.15) is 0 Å². The van der Waals surface area contributed by atoms with Gasteiger partial charge in [0.15, 0.2) is 0 Å². The minimum absolute atomic E-state index is 0. The summed E-state index contributed by atoms with van der Waals surface area (Å²) in [6.07, 6.45) is 1.11. The molecule has 0 bridgehead atoms. The van der Waals surface area contributed by atoms with Crippen molar-refractivity contribution in [3.8, 4) is 0 Å². The van der Waals surface area contributed by atoms with E-state index in [1.165, 1.54) is 5.56 Å². The molecular weight excluding hydrogens is 243 g/mol. The third-order valence-electron chi connectivity index (χ3n) is 2.95. The van der Waals surface area contributed by atoms with E-state index in [1.807, 2.05) is 6.92 Å². The largest absolute Gasteiger partial charge is 0.326 e. The van der Waals surface area contributed by atoms with Gasteiger partial charge >= 0.3 is 0 Å². The predicted molar refractivity (Wildman–Crippen MR) is 71.3 cm³/mol. The number of halogens is 2. The summed E-state index contributed by atoms with van der Waals surface area (Å²) in [5.41, 5.74) is 8.28. The Balaban J connectivity index is 0.00000128. The molecule has 1 aromatic rings. The lowest BCUT2D eigenvalue weighted by Gasteiger charge is -2.15. The molecule has 16 heavy (non-hydrogen) atoms. The lowest BCUT2D eigenvalue weighted by Crippen LogP contribution is -2.26. The predicted octanol–water partition coefficient (Wildman–Crippen LogP) is 2.60. The van der Waals surface area contributed by atoms with Gasteiger partial charge in [-0.3, -0.25) is 4.90 Å². The van der Waals surface area contributed by atoms with Gasteiger partial charge < -0.3 is 5.73 Å². The van der Waals surface area contributed by atoms with E-state index in [9.17, 15) is 0 Å². The first-order valence-corrected chi connectivity index (χ1v) is 5.76. The van der Waals surface area contributed by atoms with Crippen LogP contribution in [0.25, 0.3) is 0 Å². The summed E-state index contributed by atoms with van der Waals surface area (Å²) in [5, 5.41) is 0.857. The molecule has 1 fully saturated rings. The van der Waals surface area contributed by atoms with Crippen molar-refractivity contribution in [1.29, 1.82) is 0 Å². The molecule has 2 rings (SSSR count). The van der Waals surface area contributed by atoms with Crippen LogP contribution in [0.5, 0.6) is 0 Å². The molecule has 1 aliphatic heterocycles. The van der Waals surface area contributed by atoms with Crippen LogP contribution in [-0.4, -0.2) is 24.0 Å². The van der Waals surface area contributed by atoms with Crippen LogP contribution in [0.1, 0.15) is 17.5 Å². The Bertz CT molecular complexity index is 355. The first-order valence-electron chi connectivity index (χ1n) is 5.38. The minimum Gasteiger partial charge on any atom is -0.326 e. The first kappa shape index (κ1) is 13.8. The number of likely N-dealkylation sites (tertiary alicyclic amines) is 1. The zero-order chi connectivity index (χ0) is 10.8. The number of nitrogens with two attached hydrogens (primary N) is 1. The van der Waals surface area contributed by atoms with Gasteiger partial charge in [-0.15, -0.1) is 12.4 Å². The van der Waals surface area contributed by atoms with E-state index in [4.69, 9.17) is 17.3 Å². The number of rotatable bonds is 2. The van der Waals surface area contributed by atoms with E-state index in [0.717, 1.165) is 36.6 Å². The summed E-state index contributed by atoms with van der Waals surface area (Å²) in [4.78, 5) is 2.38. The molecule has 90 valence electrons. The number of hydrogen-bond donors (Lipinski definition) is 1. The minimum atomic E-state index is 0. The Morgan fingerprint density at radius 1 is 1.50 bits per heavy atom. The van der Waals surface area contributed by atoms with E-state index < -0.39 is 0 Å². The Morgan fingerprint density at radius 2 is 2.25 bits per heavy atom. The van der Waals surface area contributed by atoms with Crippen molar-refractivity contribution in [3.05, 3.63) is 34.3 Å². The van der Waals surface area contributed by atoms with Crippen LogP contribution in [-0.2, 0) is 6.54 Å². The van der Waals surface area contributed by atoms with Gasteiger partial charge in [-0.2, -0.15) is 0 Å². The molecular formula is C12H18Cl2N2. The average Bonchev–Trinajstić information content (AvgIpc) is 2.58.